The summed E-state index contributed by atoms with van der Waals surface area (Å²) in [6.07, 6.45) is 2.69. The van der Waals surface area contributed by atoms with Gasteiger partial charge in [-0.2, -0.15) is 4.98 Å². The number of rotatable bonds is 6. The summed E-state index contributed by atoms with van der Waals surface area (Å²) in [6.45, 7) is 4.80. The summed E-state index contributed by atoms with van der Waals surface area (Å²) in [5, 5.41) is 4.57. The highest BCUT2D eigenvalue weighted by atomic mass is 35.5. The molecule has 0 bridgehead atoms. The molecule has 1 atom stereocenters. The molecule has 0 spiro atoms. The van der Waals surface area contributed by atoms with Gasteiger partial charge in [0.25, 0.3) is 0 Å². The Morgan fingerprint density at radius 3 is 2.90 bits per heavy atom. The molecule has 1 saturated heterocycles. The highest BCUT2D eigenvalue weighted by Crippen LogP contribution is 2.29. The Morgan fingerprint density at radius 1 is 1.30 bits per heavy atom. The monoisotopic (exact) mass is 428 g/mol. The van der Waals surface area contributed by atoms with Crippen LogP contribution >= 0.6 is 11.6 Å². The first-order valence-electron chi connectivity index (χ1n) is 9.47. The molecule has 3 aromatic rings. The number of aromatic nitrogens is 4. The van der Waals surface area contributed by atoms with Gasteiger partial charge in [0.2, 0.25) is 11.9 Å². The standard InChI is InChI=1S/C20H21ClN6O3/c1-11(2)16-9-30-20(28)27(16)19-25-10-24-18(26-19)23-8-12-4-13-5-14(21)17(29-3)6-15(13)22-7-12/h4-7,10-11,16H,8-9H2,1-3H3,(H,23,24,25,26). The number of carbonyl (C=O) groups excluding carboxylic acids is 1. The summed E-state index contributed by atoms with van der Waals surface area (Å²) in [7, 11) is 1.57. The normalized spacial score (nSPS) is 16.2. The van der Waals surface area contributed by atoms with Gasteiger partial charge in [-0.25, -0.2) is 19.7 Å². The lowest BCUT2D eigenvalue weighted by Gasteiger charge is -2.22. The SMILES string of the molecule is COc1cc2ncc(CNc3ncnc(N4C(=O)OCC4C(C)C)n3)cc2cc1Cl. The van der Waals surface area contributed by atoms with Crippen LogP contribution in [0.1, 0.15) is 19.4 Å². The number of benzene rings is 1. The van der Waals surface area contributed by atoms with E-state index in [1.54, 1.807) is 19.4 Å². The number of nitrogens with zero attached hydrogens (tertiary/aromatic N) is 5. The summed E-state index contributed by atoms with van der Waals surface area (Å²) in [4.78, 5) is 30.8. The number of methoxy groups -OCH3 is 1. The van der Waals surface area contributed by atoms with Gasteiger partial charge in [0.15, 0.2) is 0 Å². The Hall–Kier alpha value is -3.20. The van der Waals surface area contributed by atoms with Gasteiger partial charge in [-0.05, 0) is 23.6 Å². The number of cyclic esters (lactones) is 1. The number of pyridine rings is 1. The molecule has 0 aliphatic carbocycles. The first-order chi connectivity index (χ1) is 14.5. The van der Waals surface area contributed by atoms with E-state index in [1.807, 2.05) is 26.0 Å². The second kappa shape index (κ2) is 8.27. The van der Waals surface area contributed by atoms with E-state index < -0.39 is 6.09 Å². The minimum atomic E-state index is -0.447. The van der Waals surface area contributed by atoms with Crippen molar-refractivity contribution in [3.05, 3.63) is 41.3 Å². The van der Waals surface area contributed by atoms with E-state index in [1.165, 1.54) is 11.2 Å². The van der Waals surface area contributed by atoms with Crippen LogP contribution in [0.15, 0.2) is 30.7 Å². The van der Waals surface area contributed by atoms with E-state index in [2.05, 4.69) is 25.3 Å². The smallest absolute Gasteiger partial charge is 0.417 e. The van der Waals surface area contributed by atoms with Crippen molar-refractivity contribution < 1.29 is 14.3 Å². The topological polar surface area (TPSA) is 102 Å². The Morgan fingerprint density at radius 2 is 2.13 bits per heavy atom. The lowest BCUT2D eigenvalue weighted by Crippen LogP contribution is -2.38. The van der Waals surface area contributed by atoms with Crippen LogP contribution < -0.4 is 15.0 Å². The fraction of sp³-hybridized carbons (Fsp3) is 0.350. The minimum absolute atomic E-state index is 0.112. The van der Waals surface area contributed by atoms with E-state index in [0.717, 1.165) is 16.5 Å². The third-order valence-electron chi connectivity index (χ3n) is 4.91. The van der Waals surface area contributed by atoms with Crippen molar-refractivity contribution in [2.24, 2.45) is 5.92 Å². The average Bonchev–Trinajstić information content (AvgIpc) is 3.13. The molecule has 1 aromatic carbocycles. The first kappa shape index (κ1) is 20.1. The van der Waals surface area contributed by atoms with Gasteiger partial charge in [0.1, 0.15) is 18.7 Å². The number of anilines is 2. The van der Waals surface area contributed by atoms with E-state index in [9.17, 15) is 4.79 Å². The minimum Gasteiger partial charge on any atom is -0.495 e. The summed E-state index contributed by atoms with van der Waals surface area (Å²) >= 11 is 6.22. The van der Waals surface area contributed by atoms with Crippen molar-refractivity contribution in [1.82, 2.24) is 19.9 Å². The summed E-state index contributed by atoms with van der Waals surface area (Å²) in [5.74, 6) is 1.42. The Bertz CT molecular complexity index is 1090. The third-order valence-corrected chi connectivity index (χ3v) is 5.21. The zero-order valence-corrected chi connectivity index (χ0v) is 17.6. The second-order valence-corrected chi connectivity index (χ2v) is 7.65. The number of hydrogen-bond donors (Lipinski definition) is 1. The maximum atomic E-state index is 12.1. The molecule has 3 heterocycles. The molecule has 9 nitrogen and oxygen atoms in total. The van der Waals surface area contributed by atoms with Crippen LogP contribution in [0.2, 0.25) is 5.02 Å². The average molecular weight is 429 g/mol. The van der Waals surface area contributed by atoms with Crippen LogP contribution in [0.5, 0.6) is 5.75 Å². The maximum absolute atomic E-state index is 12.1. The van der Waals surface area contributed by atoms with Gasteiger partial charge >= 0.3 is 6.09 Å². The molecule has 156 valence electrons. The van der Waals surface area contributed by atoms with Crippen LogP contribution in [-0.4, -0.2) is 45.8 Å². The van der Waals surface area contributed by atoms with Crippen molar-refractivity contribution in [2.75, 3.05) is 23.9 Å². The van der Waals surface area contributed by atoms with E-state index >= 15 is 0 Å². The molecular weight excluding hydrogens is 408 g/mol. The molecule has 1 aliphatic rings. The third kappa shape index (κ3) is 3.93. The van der Waals surface area contributed by atoms with Gasteiger partial charge < -0.3 is 14.8 Å². The molecule has 1 unspecified atom stereocenters. The van der Waals surface area contributed by atoms with Crippen molar-refractivity contribution in [2.45, 2.75) is 26.4 Å². The Labute approximate surface area is 178 Å². The molecular formula is C20H21ClN6O3. The fourth-order valence-corrected chi connectivity index (χ4v) is 3.50. The zero-order chi connectivity index (χ0) is 21.3. The number of carbonyl (C=O) groups is 1. The summed E-state index contributed by atoms with van der Waals surface area (Å²) in [5.41, 5.74) is 1.71. The van der Waals surface area contributed by atoms with Crippen LogP contribution in [0.25, 0.3) is 10.9 Å². The van der Waals surface area contributed by atoms with E-state index in [0.29, 0.717) is 29.9 Å². The highest BCUT2D eigenvalue weighted by Gasteiger charge is 2.38. The van der Waals surface area contributed by atoms with Gasteiger partial charge in [0.05, 0.1) is 23.7 Å². The number of fused-ring (bicyclic) bond motifs is 1. The fourth-order valence-electron chi connectivity index (χ4n) is 3.25. The number of nitrogens with one attached hydrogen (secondary N) is 1. The molecule has 0 saturated carbocycles. The molecule has 1 amide bonds. The maximum Gasteiger partial charge on any atom is 0.417 e. The van der Waals surface area contributed by atoms with Crippen molar-refractivity contribution in [3.8, 4) is 5.75 Å². The number of ether oxygens (including phenoxy) is 2. The van der Waals surface area contributed by atoms with Gasteiger partial charge in [-0.1, -0.05) is 25.4 Å². The van der Waals surface area contributed by atoms with E-state index in [4.69, 9.17) is 21.1 Å². The molecule has 4 rings (SSSR count). The molecule has 0 radical (unpaired) electrons. The summed E-state index contributed by atoms with van der Waals surface area (Å²) in [6, 6.07) is 5.49. The molecule has 1 N–H and O–H groups in total. The molecule has 10 heteroatoms. The predicted molar refractivity (Wildman–Crippen MR) is 113 cm³/mol. The lowest BCUT2D eigenvalue weighted by atomic mass is 10.1. The van der Waals surface area contributed by atoms with Crippen LogP contribution in [0, 0.1) is 5.92 Å². The Kier molecular flexibility index (Phi) is 5.54. The van der Waals surface area contributed by atoms with Crippen LogP contribution in [0.3, 0.4) is 0 Å². The van der Waals surface area contributed by atoms with Gasteiger partial charge in [-0.3, -0.25) is 4.98 Å². The highest BCUT2D eigenvalue weighted by molar-refractivity contribution is 6.32. The van der Waals surface area contributed by atoms with Gasteiger partial charge in [-0.15, -0.1) is 0 Å². The molecule has 1 aliphatic heterocycles. The number of amides is 1. The predicted octanol–water partition coefficient (Wildman–Crippen LogP) is 3.68. The summed E-state index contributed by atoms with van der Waals surface area (Å²) < 4.78 is 10.4. The molecule has 30 heavy (non-hydrogen) atoms. The van der Waals surface area contributed by atoms with Crippen molar-refractivity contribution in [1.29, 1.82) is 0 Å². The lowest BCUT2D eigenvalue weighted by molar-refractivity contribution is 0.177. The molecule has 2 aromatic heterocycles. The Balaban J connectivity index is 1.52. The van der Waals surface area contributed by atoms with E-state index in [-0.39, 0.29) is 17.9 Å². The number of hydrogen-bond acceptors (Lipinski definition) is 8. The number of halogens is 1. The quantitative estimate of drug-likeness (QED) is 0.634. The van der Waals surface area contributed by atoms with Crippen molar-refractivity contribution >= 4 is 40.5 Å². The van der Waals surface area contributed by atoms with Gasteiger partial charge in [0, 0.05) is 24.2 Å². The molecule has 1 fully saturated rings. The van der Waals surface area contributed by atoms with Crippen molar-refractivity contribution in [3.63, 3.8) is 0 Å². The van der Waals surface area contributed by atoms with Crippen LogP contribution in [0.4, 0.5) is 16.7 Å². The second-order valence-electron chi connectivity index (χ2n) is 7.24. The largest absolute Gasteiger partial charge is 0.495 e. The zero-order valence-electron chi connectivity index (χ0n) is 16.8. The first-order valence-corrected chi connectivity index (χ1v) is 9.85. The van der Waals surface area contributed by atoms with Crippen LogP contribution in [-0.2, 0) is 11.3 Å².